The molecule has 4 unspecified atom stereocenters. The lowest BCUT2D eigenvalue weighted by Crippen LogP contribution is -2.46. The number of allylic oxidation sites excluding steroid dienone is 7. The number of amides is 1. The van der Waals surface area contributed by atoms with E-state index in [1.54, 1.807) is 6.08 Å². The summed E-state index contributed by atoms with van der Waals surface area (Å²) in [6, 6.07) is -1.000. The maximum Gasteiger partial charge on any atom is 0.472 e. The molecule has 10 heteroatoms. The first-order valence-corrected chi connectivity index (χ1v) is 24.8. The largest absolute Gasteiger partial charge is 0.472 e. The van der Waals surface area contributed by atoms with Gasteiger partial charge in [-0.3, -0.25) is 13.8 Å². The normalized spacial score (nSPS) is 15.0. The molecule has 0 radical (unpaired) electrons. The van der Waals surface area contributed by atoms with Crippen LogP contribution in [0.5, 0.6) is 0 Å². The van der Waals surface area contributed by atoms with Crippen LogP contribution in [0.3, 0.4) is 0 Å². The molecular formula is C47H89N2O7P. The third-order valence-electron chi connectivity index (χ3n) is 10.2. The Morgan fingerprint density at radius 2 is 1.11 bits per heavy atom. The Morgan fingerprint density at radius 1 is 0.632 bits per heavy atom. The van der Waals surface area contributed by atoms with Gasteiger partial charge in [0.15, 0.2) is 0 Å². The van der Waals surface area contributed by atoms with E-state index in [0.717, 1.165) is 44.9 Å². The molecule has 0 aromatic rings. The van der Waals surface area contributed by atoms with Gasteiger partial charge in [-0.1, -0.05) is 191 Å². The van der Waals surface area contributed by atoms with Gasteiger partial charge in [0.2, 0.25) is 5.91 Å². The maximum absolute atomic E-state index is 12.8. The summed E-state index contributed by atoms with van der Waals surface area (Å²) < 4.78 is 22.1. The minimum absolute atomic E-state index is 0.0436. The summed E-state index contributed by atoms with van der Waals surface area (Å²) in [5.74, 6) is -0.457. The first kappa shape index (κ1) is 55.4. The first-order chi connectivity index (χ1) is 27.8. The van der Waals surface area contributed by atoms with Crippen LogP contribution in [0.25, 0.3) is 0 Å². The van der Waals surface area contributed by atoms with E-state index in [9.17, 15) is 24.5 Å². The van der Waals surface area contributed by atoms with Gasteiger partial charge in [0, 0.05) is 6.54 Å². The van der Waals surface area contributed by atoms with Crippen molar-refractivity contribution < 1.29 is 33.5 Å². The third kappa shape index (κ3) is 41.0. The number of hydrogen-bond acceptors (Lipinski definition) is 7. The van der Waals surface area contributed by atoms with E-state index in [0.29, 0.717) is 12.8 Å². The highest BCUT2D eigenvalue weighted by atomic mass is 31.2. The average Bonchev–Trinajstić information content (AvgIpc) is 3.19. The van der Waals surface area contributed by atoms with Gasteiger partial charge in [0.25, 0.3) is 0 Å². The zero-order valence-electron chi connectivity index (χ0n) is 36.7. The van der Waals surface area contributed by atoms with Gasteiger partial charge in [-0.25, -0.2) is 4.57 Å². The fourth-order valence-corrected chi connectivity index (χ4v) is 7.46. The fourth-order valence-electron chi connectivity index (χ4n) is 6.70. The van der Waals surface area contributed by atoms with E-state index in [1.165, 1.54) is 128 Å². The second-order valence-electron chi connectivity index (χ2n) is 15.8. The molecular weight excluding hydrogens is 735 g/mol. The van der Waals surface area contributed by atoms with E-state index in [2.05, 4.69) is 55.6 Å². The van der Waals surface area contributed by atoms with Crippen molar-refractivity contribution in [3.8, 4) is 0 Å². The minimum atomic E-state index is -4.41. The van der Waals surface area contributed by atoms with Crippen LogP contribution >= 0.6 is 7.82 Å². The molecule has 0 spiro atoms. The third-order valence-corrected chi connectivity index (χ3v) is 11.2. The van der Waals surface area contributed by atoms with Gasteiger partial charge in [-0.05, 0) is 57.8 Å². The molecule has 4 atom stereocenters. The Kier molecular flexibility index (Phi) is 41.4. The molecule has 0 aromatic carbocycles. The Hall–Kier alpha value is -1.58. The average molecular weight is 825 g/mol. The molecule has 0 saturated carbocycles. The number of phosphoric ester groups is 1. The van der Waals surface area contributed by atoms with Gasteiger partial charge in [-0.15, -0.1) is 0 Å². The SMILES string of the molecule is CC/C=C\C/C=C\CCCCCCCCCCCCCCC(O)CC(=O)NC(COP(=O)(O)OCCN)C(O)/C=C/CC/C=C/CCCCCCCCCCCC. The van der Waals surface area contributed by atoms with Crippen molar-refractivity contribution in [2.75, 3.05) is 19.8 Å². The monoisotopic (exact) mass is 825 g/mol. The molecule has 57 heavy (non-hydrogen) atoms. The summed E-state index contributed by atoms with van der Waals surface area (Å²) in [5.41, 5.74) is 5.37. The number of unbranched alkanes of at least 4 members (excludes halogenated alkanes) is 23. The predicted octanol–water partition coefficient (Wildman–Crippen LogP) is 12.3. The number of carbonyl (C=O) groups is 1. The van der Waals surface area contributed by atoms with Gasteiger partial charge in [-0.2, -0.15) is 0 Å². The summed E-state index contributed by atoms with van der Waals surface area (Å²) in [4.78, 5) is 22.8. The molecule has 0 saturated heterocycles. The molecule has 9 nitrogen and oxygen atoms in total. The van der Waals surface area contributed by atoms with Crippen LogP contribution in [0.15, 0.2) is 48.6 Å². The van der Waals surface area contributed by atoms with Crippen LogP contribution in [0, 0.1) is 0 Å². The molecule has 1 amide bonds. The second-order valence-corrected chi connectivity index (χ2v) is 17.2. The van der Waals surface area contributed by atoms with E-state index in [4.69, 9.17) is 14.8 Å². The molecule has 0 heterocycles. The summed E-state index contributed by atoms with van der Waals surface area (Å²) in [7, 11) is -4.41. The molecule has 334 valence electrons. The van der Waals surface area contributed by atoms with Crippen molar-refractivity contribution in [3.63, 3.8) is 0 Å². The minimum Gasteiger partial charge on any atom is -0.393 e. The van der Waals surface area contributed by atoms with E-state index >= 15 is 0 Å². The van der Waals surface area contributed by atoms with Crippen molar-refractivity contribution in [1.82, 2.24) is 5.32 Å². The zero-order chi connectivity index (χ0) is 41.9. The van der Waals surface area contributed by atoms with E-state index in [1.807, 2.05) is 6.08 Å². The lowest BCUT2D eigenvalue weighted by Gasteiger charge is -2.24. The fraction of sp³-hybridized carbons (Fsp3) is 0.809. The van der Waals surface area contributed by atoms with Crippen molar-refractivity contribution in [2.24, 2.45) is 5.73 Å². The molecule has 0 rings (SSSR count). The van der Waals surface area contributed by atoms with Crippen LogP contribution in [0.1, 0.15) is 206 Å². The molecule has 0 aliphatic carbocycles. The Morgan fingerprint density at radius 3 is 1.65 bits per heavy atom. The summed E-state index contributed by atoms with van der Waals surface area (Å²) in [5, 5.41) is 24.1. The van der Waals surface area contributed by atoms with Gasteiger partial charge in [0.1, 0.15) is 0 Å². The Labute approximate surface area is 350 Å². The van der Waals surface area contributed by atoms with Gasteiger partial charge < -0.3 is 26.2 Å². The zero-order valence-corrected chi connectivity index (χ0v) is 37.6. The van der Waals surface area contributed by atoms with Crippen LogP contribution in [-0.4, -0.2) is 59.0 Å². The maximum atomic E-state index is 12.8. The quantitative estimate of drug-likeness (QED) is 0.0232. The highest BCUT2D eigenvalue weighted by Gasteiger charge is 2.27. The smallest absolute Gasteiger partial charge is 0.393 e. The molecule has 0 bridgehead atoms. The summed E-state index contributed by atoms with van der Waals surface area (Å²) in [6.45, 7) is 3.85. The molecule has 0 fully saturated rings. The molecule has 6 N–H and O–H groups in total. The number of carbonyl (C=O) groups excluding carboxylic acids is 1. The number of nitrogens with one attached hydrogen (secondary N) is 1. The van der Waals surface area contributed by atoms with E-state index < -0.39 is 38.6 Å². The second kappa shape index (κ2) is 42.5. The van der Waals surface area contributed by atoms with Crippen LogP contribution in [0.2, 0.25) is 0 Å². The Balaban J connectivity index is 4.28. The molecule has 0 aliphatic rings. The number of hydrogen-bond donors (Lipinski definition) is 5. The summed E-state index contributed by atoms with van der Waals surface area (Å²) >= 11 is 0. The van der Waals surface area contributed by atoms with E-state index in [-0.39, 0.29) is 19.6 Å². The Bertz CT molecular complexity index is 1050. The summed E-state index contributed by atoms with van der Waals surface area (Å²) in [6.07, 6.45) is 49.1. The van der Waals surface area contributed by atoms with Crippen LogP contribution in [0.4, 0.5) is 0 Å². The van der Waals surface area contributed by atoms with Crippen molar-refractivity contribution in [3.05, 3.63) is 48.6 Å². The van der Waals surface area contributed by atoms with Crippen molar-refractivity contribution in [1.29, 1.82) is 0 Å². The number of phosphoric acid groups is 1. The number of aliphatic hydroxyl groups excluding tert-OH is 2. The first-order valence-electron chi connectivity index (χ1n) is 23.3. The predicted molar refractivity (Wildman–Crippen MR) is 241 cm³/mol. The van der Waals surface area contributed by atoms with Crippen LogP contribution in [-0.2, 0) is 18.4 Å². The highest BCUT2D eigenvalue weighted by molar-refractivity contribution is 7.47. The van der Waals surface area contributed by atoms with Crippen molar-refractivity contribution >= 4 is 13.7 Å². The molecule has 0 aliphatic heterocycles. The topological polar surface area (TPSA) is 151 Å². The number of rotatable bonds is 43. The standard InChI is InChI=1S/C47H89N2O7P/c1-3-5-7-9-11-13-15-17-19-21-22-23-24-26-28-30-32-34-36-38-44(50)42-47(52)49-45(43-56-57(53,54)55-41-40-48)46(51)39-37-35-33-31-29-27-25-20-18-16-14-12-10-8-6-4-2/h5,7,11,13,29,31,37,39,44-46,50-51H,3-4,6,8-10,12,14-28,30,32-36,38,40-43,48H2,1-2H3,(H,49,52)(H,53,54)/b7-5-,13-11-,31-29+,39-37+. The number of aliphatic hydroxyl groups is 2. The highest BCUT2D eigenvalue weighted by Crippen LogP contribution is 2.43. The molecule has 0 aromatic heterocycles. The lowest BCUT2D eigenvalue weighted by atomic mass is 10.0. The number of nitrogens with two attached hydrogens (primary N) is 1. The lowest BCUT2D eigenvalue weighted by molar-refractivity contribution is -0.124. The van der Waals surface area contributed by atoms with Crippen LogP contribution < -0.4 is 11.1 Å². The van der Waals surface area contributed by atoms with Gasteiger partial charge in [0.05, 0.1) is 37.9 Å². The van der Waals surface area contributed by atoms with Gasteiger partial charge >= 0.3 is 7.82 Å². The van der Waals surface area contributed by atoms with Crippen molar-refractivity contribution in [2.45, 2.75) is 225 Å².